The summed E-state index contributed by atoms with van der Waals surface area (Å²) in [7, 11) is 0. The van der Waals surface area contributed by atoms with Crippen LogP contribution in [0.25, 0.3) is 0 Å². The number of aliphatic hydroxyl groups is 1. The molecular formula is C6H6INO2. The van der Waals surface area contributed by atoms with Crippen molar-refractivity contribution in [2.75, 3.05) is 0 Å². The highest BCUT2D eigenvalue weighted by Gasteiger charge is 2.02. The number of aromatic nitrogens is 1. The molecule has 0 aliphatic heterocycles. The Kier molecular flexibility index (Phi) is 2.44. The second-order valence-electron chi connectivity index (χ2n) is 1.75. The van der Waals surface area contributed by atoms with Crippen LogP contribution in [-0.4, -0.2) is 15.2 Å². The first-order chi connectivity index (χ1) is 4.75. The van der Waals surface area contributed by atoms with Crippen LogP contribution >= 0.6 is 22.6 Å². The van der Waals surface area contributed by atoms with Crippen LogP contribution < -0.4 is 0 Å². The van der Waals surface area contributed by atoms with Crippen molar-refractivity contribution < 1.29 is 10.2 Å². The van der Waals surface area contributed by atoms with Crippen LogP contribution in [0.15, 0.2) is 12.3 Å². The Morgan fingerprint density at radius 3 is 2.80 bits per heavy atom. The Labute approximate surface area is 71.9 Å². The van der Waals surface area contributed by atoms with Crippen molar-refractivity contribution >= 4 is 22.6 Å². The molecule has 0 saturated carbocycles. The second-order valence-corrected chi connectivity index (χ2v) is 2.91. The molecule has 0 aliphatic rings. The lowest BCUT2D eigenvalue weighted by atomic mass is 10.3. The fourth-order valence-electron chi connectivity index (χ4n) is 0.586. The molecule has 1 heterocycles. The third kappa shape index (κ3) is 1.38. The van der Waals surface area contributed by atoms with E-state index in [4.69, 9.17) is 10.2 Å². The standard InChI is InChI=1S/C6H6INO2/c7-4-1-2-8-5(3-9)6(4)10/h1-2,9-10H,3H2. The smallest absolute Gasteiger partial charge is 0.152 e. The average molecular weight is 251 g/mol. The maximum atomic E-state index is 9.17. The van der Waals surface area contributed by atoms with E-state index in [2.05, 4.69) is 4.98 Å². The highest BCUT2D eigenvalue weighted by atomic mass is 127. The Morgan fingerprint density at radius 1 is 1.60 bits per heavy atom. The zero-order chi connectivity index (χ0) is 7.56. The number of halogens is 1. The largest absolute Gasteiger partial charge is 0.505 e. The predicted molar refractivity (Wildman–Crippen MR) is 44.5 cm³/mol. The molecule has 0 atom stereocenters. The van der Waals surface area contributed by atoms with Crippen molar-refractivity contribution in [3.8, 4) is 5.75 Å². The van der Waals surface area contributed by atoms with E-state index in [1.165, 1.54) is 0 Å². The molecule has 0 radical (unpaired) electrons. The lowest BCUT2D eigenvalue weighted by Gasteiger charge is -1.99. The molecule has 0 aliphatic carbocycles. The summed E-state index contributed by atoms with van der Waals surface area (Å²) in [6.45, 7) is -0.220. The summed E-state index contributed by atoms with van der Waals surface area (Å²) >= 11 is 1.97. The van der Waals surface area contributed by atoms with Crippen molar-refractivity contribution in [1.82, 2.24) is 4.98 Å². The lowest BCUT2D eigenvalue weighted by molar-refractivity contribution is 0.269. The Hall–Kier alpha value is -0.360. The van der Waals surface area contributed by atoms with Gasteiger partial charge in [-0.2, -0.15) is 0 Å². The Balaban J connectivity index is 3.14. The topological polar surface area (TPSA) is 53.4 Å². The fourth-order valence-corrected chi connectivity index (χ4v) is 1.06. The van der Waals surface area contributed by atoms with Gasteiger partial charge in [0.15, 0.2) is 5.75 Å². The molecule has 0 aromatic carbocycles. The van der Waals surface area contributed by atoms with Crippen molar-refractivity contribution in [3.63, 3.8) is 0 Å². The summed E-state index contributed by atoms with van der Waals surface area (Å²) in [5, 5.41) is 17.8. The number of rotatable bonds is 1. The van der Waals surface area contributed by atoms with Gasteiger partial charge in [0, 0.05) is 6.20 Å². The SMILES string of the molecule is OCc1nccc(I)c1O. The molecule has 0 spiro atoms. The number of aromatic hydroxyl groups is 1. The van der Waals surface area contributed by atoms with Gasteiger partial charge in [0.05, 0.1) is 10.2 Å². The minimum atomic E-state index is -0.220. The molecule has 0 unspecified atom stereocenters. The molecule has 54 valence electrons. The molecule has 0 fully saturated rings. The lowest BCUT2D eigenvalue weighted by Crippen LogP contribution is -1.90. The molecule has 0 amide bonds. The van der Waals surface area contributed by atoms with E-state index in [9.17, 15) is 0 Å². The van der Waals surface area contributed by atoms with Crippen LogP contribution in [0, 0.1) is 3.57 Å². The molecule has 1 aromatic heterocycles. The number of aliphatic hydroxyl groups excluding tert-OH is 1. The molecule has 0 bridgehead atoms. The van der Waals surface area contributed by atoms with Gasteiger partial charge < -0.3 is 10.2 Å². The van der Waals surface area contributed by atoms with E-state index >= 15 is 0 Å². The Morgan fingerprint density at radius 2 is 2.30 bits per heavy atom. The molecule has 1 rings (SSSR count). The van der Waals surface area contributed by atoms with E-state index in [1.807, 2.05) is 22.6 Å². The summed E-state index contributed by atoms with van der Waals surface area (Å²) < 4.78 is 0.705. The van der Waals surface area contributed by atoms with Crippen LogP contribution in [0.5, 0.6) is 5.75 Å². The number of nitrogens with zero attached hydrogens (tertiary/aromatic N) is 1. The minimum Gasteiger partial charge on any atom is -0.505 e. The van der Waals surface area contributed by atoms with Crippen LogP contribution in [-0.2, 0) is 6.61 Å². The highest BCUT2D eigenvalue weighted by Crippen LogP contribution is 2.21. The first-order valence-corrected chi connectivity index (χ1v) is 3.76. The zero-order valence-electron chi connectivity index (χ0n) is 5.08. The quantitative estimate of drug-likeness (QED) is 0.728. The monoisotopic (exact) mass is 251 g/mol. The molecule has 1 aromatic rings. The van der Waals surface area contributed by atoms with Crippen LogP contribution in [0.1, 0.15) is 5.69 Å². The van der Waals surface area contributed by atoms with Crippen molar-refractivity contribution in [3.05, 3.63) is 21.5 Å². The number of pyridine rings is 1. The summed E-state index contributed by atoms with van der Waals surface area (Å²) in [5.41, 5.74) is 0.326. The zero-order valence-corrected chi connectivity index (χ0v) is 7.24. The highest BCUT2D eigenvalue weighted by molar-refractivity contribution is 14.1. The molecule has 4 heteroatoms. The van der Waals surface area contributed by atoms with Gasteiger partial charge in [-0.1, -0.05) is 0 Å². The third-order valence-corrected chi connectivity index (χ3v) is 1.97. The fraction of sp³-hybridized carbons (Fsp3) is 0.167. The van der Waals surface area contributed by atoms with Crippen LogP contribution in [0.4, 0.5) is 0 Å². The predicted octanol–water partition coefficient (Wildman–Crippen LogP) is 0.884. The third-order valence-electron chi connectivity index (χ3n) is 1.10. The normalized spacial score (nSPS) is 9.80. The van der Waals surface area contributed by atoms with Gasteiger partial charge in [-0.25, -0.2) is 0 Å². The first-order valence-electron chi connectivity index (χ1n) is 2.69. The summed E-state index contributed by atoms with van der Waals surface area (Å²) in [6.07, 6.45) is 1.55. The van der Waals surface area contributed by atoms with E-state index in [0.717, 1.165) is 0 Å². The summed E-state index contributed by atoms with van der Waals surface area (Å²) in [4.78, 5) is 3.75. The van der Waals surface area contributed by atoms with Crippen molar-refractivity contribution in [2.24, 2.45) is 0 Å². The van der Waals surface area contributed by atoms with Crippen LogP contribution in [0.2, 0.25) is 0 Å². The maximum absolute atomic E-state index is 9.17. The second kappa shape index (κ2) is 3.16. The summed E-state index contributed by atoms with van der Waals surface area (Å²) in [5.74, 6) is 0.0746. The van der Waals surface area contributed by atoms with Crippen molar-refractivity contribution in [1.29, 1.82) is 0 Å². The minimum absolute atomic E-state index is 0.0746. The molecule has 2 N–H and O–H groups in total. The van der Waals surface area contributed by atoms with Gasteiger partial charge in [-0.15, -0.1) is 0 Å². The number of hydrogen-bond acceptors (Lipinski definition) is 3. The van der Waals surface area contributed by atoms with Gasteiger partial charge in [0.2, 0.25) is 0 Å². The van der Waals surface area contributed by atoms with E-state index in [-0.39, 0.29) is 12.4 Å². The van der Waals surface area contributed by atoms with E-state index in [1.54, 1.807) is 12.3 Å². The number of hydrogen-bond donors (Lipinski definition) is 2. The van der Waals surface area contributed by atoms with Crippen LogP contribution in [0.3, 0.4) is 0 Å². The van der Waals surface area contributed by atoms with Gasteiger partial charge in [0.1, 0.15) is 5.69 Å². The summed E-state index contributed by atoms with van der Waals surface area (Å²) in [6, 6.07) is 1.68. The van der Waals surface area contributed by atoms with Gasteiger partial charge in [0.25, 0.3) is 0 Å². The molecule has 10 heavy (non-hydrogen) atoms. The first kappa shape index (κ1) is 7.74. The van der Waals surface area contributed by atoms with Gasteiger partial charge in [-0.05, 0) is 28.7 Å². The van der Waals surface area contributed by atoms with Crippen molar-refractivity contribution in [2.45, 2.75) is 6.61 Å². The van der Waals surface area contributed by atoms with Gasteiger partial charge >= 0.3 is 0 Å². The Bertz CT molecular complexity index is 239. The molecule has 0 saturated heterocycles. The maximum Gasteiger partial charge on any atom is 0.152 e. The van der Waals surface area contributed by atoms with Gasteiger partial charge in [-0.3, -0.25) is 4.98 Å². The average Bonchev–Trinajstić information content (AvgIpc) is 1.95. The molecular weight excluding hydrogens is 245 g/mol. The van der Waals surface area contributed by atoms with E-state index < -0.39 is 0 Å². The van der Waals surface area contributed by atoms with E-state index in [0.29, 0.717) is 9.26 Å². The molecule has 3 nitrogen and oxygen atoms in total.